The number of nitrogens with zero attached hydrogens (tertiary/aromatic N) is 1. The van der Waals surface area contributed by atoms with Crippen LogP contribution in [0, 0.1) is 5.92 Å². The van der Waals surface area contributed by atoms with Crippen LogP contribution in [0.25, 0.3) is 10.1 Å². The van der Waals surface area contributed by atoms with E-state index in [2.05, 4.69) is 17.5 Å². The third-order valence-electron chi connectivity index (χ3n) is 3.80. The second-order valence-electron chi connectivity index (χ2n) is 5.56. The summed E-state index contributed by atoms with van der Waals surface area (Å²) in [6.45, 7) is 2.22. The molecule has 1 N–H and O–H groups in total. The summed E-state index contributed by atoms with van der Waals surface area (Å²) in [5.41, 5.74) is 3.75. The Morgan fingerprint density at radius 1 is 1.43 bits per heavy atom. The molecule has 1 aromatic heterocycles. The first-order valence-electron chi connectivity index (χ1n) is 7.18. The Kier molecular flexibility index (Phi) is 4.27. The number of rotatable bonds is 2. The second kappa shape index (κ2) is 6.16. The van der Waals surface area contributed by atoms with Crippen LogP contribution in [0.5, 0.6) is 0 Å². The van der Waals surface area contributed by atoms with Gasteiger partial charge in [0.1, 0.15) is 4.88 Å². The maximum absolute atomic E-state index is 12.3. The molecule has 1 heterocycles. The number of benzene rings is 1. The van der Waals surface area contributed by atoms with Crippen molar-refractivity contribution in [2.45, 2.75) is 32.6 Å². The Morgan fingerprint density at radius 3 is 3.00 bits per heavy atom. The molecular weight excluding hydrogens is 304 g/mol. The topological polar surface area (TPSA) is 41.5 Å². The molecule has 0 radical (unpaired) electrons. The van der Waals surface area contributed by atoms with E-state index in [1.807, 2.05) is 24.3 Å². The van der Waals surface area contributed by atoms with E-state index in [9.17, 15) is 4.79 Å². The van der Waals surface area contributed by atoms with Gasteiger partial charge in [0.05, 0.1) is 5.02 Å². The van der Waals surface area contributed by atoms with Crippen LogP contribution in [0.4, 0.5) is 0 Å². The van der Waals surface area contributed by atoms with Gasteiger partial charge < -0.3 is 0 Å². The van der Waals surface area contributed by atoms with Crippen molar-refractivity contribution >= 4 is 44.6 Å². The number of carbonyl (C=O) groups excluding carboxylic acids is 1. The van der Waals surface area contributed by atoms with Crippen molar-refractivity contribution in [3.8, 4) is 0 Å². The molecule has 0 bridgehead atoms. The van der Waals surface area contributed by atoms with Crippen molar-refractivity contribution in [1.82, 2.24) is 5.43 Å². The fraction of sp³-hybridized carbons (Fsp3) is 0.375. The van der Waals surface area contributed by atoms with Crippen molar-refractivity contribution < 1.29 is 4.79 Å². The zero-order valence-corrected chi connectivity index (χ0v) is 13.4. The normalized spacial score (nSPS) is 20.9. The van der Waals surface area contributed by atoms with E-state index in [-0.39, 0.29) is 5.91 Å². The van der Waals surface area contributed by atoms with Crippen LogP contribution in [-0.2, 0) is 0 Å². The van der Waals surface area contributed by atoms with Gasteiger partial charge in [0.15, 0.2) is 0 Å². The number of nitrogens with one attached hydrogen (secondary N) is 1. The number of hydrogen-bond donors (Lipinski definition) is 1. The Labute approximate surface area is 133 Å². The number of carbonyl (C=O) groups is 1. The molecule has 3 rings (SSSR count). The van der Waals surface area contributed by atoms with Gasteiger partial charge in [0.25, 0.3) is 5.91 Å². The van der Waals surface area contributed by atoms with Crippen LogP contribution in [0.2, 0.25) is 5.02 Å². The lowest BCUT2D eigenvalue weighted by molar-refractivity contribution is 0.0958. The third-order valence-corrected chi connectivity index (χ3v) is 5.48. The lowest BCUT2D eigenvalue weighted by atomic mass is 9.89. The minimum Gasteiger partial charge on any atom is -0.266 e. The first kappa shape index (κ1) is 14.5. The molecule has 0 unspecified atom stereocenters. The average molecular weight is 321 g/mol. The fourth-order valence-electron chi connectivity index (χ4n) is 2.70. The van der Waals surface area contributed by atoms with Gasteiger partial charge in [-0.05, 0) is 37.7 Å². The average Bonchev–Trinajstić information content (AvgIpc) is 2.83. The zero-order valence-electron chi connectivity index (χ0n) is 11.9. The minimum atomic E-state index is -0.216. The van der Waals surface area contributed by atoms with E-state index in [1.54, 1.807) is 0 Å². The van der Waals surface area contributed by atoms with Gasteiger partial charge >= 0.3 is 0 Å². The Hall–Kier alpha value is -1.39. The lowest BCUT2D eigenvalue weighted by Gasteiger charge is -2.18. The Morgan fingerprint density at radius 2 is 2.24 bits per heavy atom. The molecule has 1 aromatic carbocycles. The summed E-state index contributed by atoms with van der Waals surface area (Å²) in [5, 5.41) is 5.73. The number of thiophene rings is 1. The standard InChI is InChI=1S/C16H17ClN2OS/c1-10-5-4-6-11(9-10)18-19-16(20)15-14(17)12-7-2-3-8-13(12)21-15/h2-3,7-8,10H,4-6,9H2,1H3,(H,19,20)/b18-11-/t10-/m0/s1. The maximum Gasteiger partial charge on any atom is 0.283 e. The van der Waals surface area contributed by atoms with Crippen LogP contribution in [0.1, 0.15) is 42.3 Å². The monoisotopic (exact) mass is 320 g/mol. The summed E-state index contributed by atoms with van der Waals surface area (Å²) in [6.07, 6.45) is 4.35. The van der Waals surface area contributed by atoms with Crippen LogP contribution >= 0.6 is 22.9 Å². The van der Waals surface area contributed by atoms with Gasteiger partial charge in [-0.25, -0.2) is 5.43 Å². The van der Waals surface area contributed by atoms with Gasteiger partial charge in [0, 0.05) is 15.8 Å². The molecule has 5 heteroatoms. The summed E-state index contributed by atoms with van der Waals surface area (Å²) >= 11 is 7.70. The van der Waals surface area contributed by atoms with E-state index in [4.69, 9.17) is 11.6 Å². The van der Waals surface area contributed by atoms with Gasteiger partial charge in [-0.1, -0.05) is 36.7 Å². The SMILES string of the molecule is C[C@H]1CCC/C(=N/NC(=O)c2sc3ccccc3c2Cl)C1. The molecule has 1 fully saturated rings. The van der Waals surface area contributed by atoms with Crippen LogP contribution in [0.15, 0.2) is 29.4 Å². The summed E-state index contributed by atoms with van der Waals surface area (Å²) in [6, 6.07) is 7.77. The van der Waals surface area contributed by atoms with Crippen LogP contribution in [0.3, 0.4) is 0 Å². The van der Waals surface area contributed by atoms with Gasteiger partial charge in [0.2, 0.25) is 0 Å². The van der Waals surface area contributed by atoms with E-state index in [1.165, 1.54) is 17.8 Å². The van der Waals surface area contributed by atoms with Crippen molar-refractivity contribution in [3.63, 3.8) is 0 Å². The molecule has 1 aliphatic carbocycles. The molecule has 0 spiro atoms. The zero-order chi connectivity index (χ0) is 14.8. The molecule has 2 aromatic rings. The summed E-state index contributed by atoms with van der Waals surface area (Å²) in [4.78, 5) is 12.8. The number of halogens is 1. The van der Waals surface area contributed by atoms with E-state index in [0.717, 1.165) is 35.1 Å². The highest BCUT2D eigenvalue weighted by Gasteiger charge is 2.18. The molecule has 0 saturated heterocycles. The van der Waals surface area contributed by atoms with Crippen LogP contribution in [-0.4, -0.2) is 11.6 Å². The molecule has 1 atom stereocenters. The number of hydrazone groups is 1. The molecule has 110 valence electrons. The van der Waals surface area contributed by atoms with Gasteiger partial charge in [-0.3, -0.25) is 4.79 Å². The van der Waals surface area contributed by atoms with Crippen molar-refractivity contribution in [1.29, 1.82) is 0 Å². The van der Waals surface area contributed by atoms with E-state index < -0.39 is 0 Å². The molecular formula is C16H17ClN2OS. The summed E-state index contributed by atoms with van der Waals surface area (Å²) < 4.78 is 1.02. The molecule has 1 saturated carbocycles. The molecule has 1 amide bonds. The van der Waals surface area contributed by atoms with Crippen LogP contribution < -0.4 is 5.43 Å². The number of amides is 1. The molecule has 1 aliphatic rings. The van der Waals surface area contributed by atoms with Crippen molar-refractivity contribution in [3.05, 3.63) is 34.2 Å². The van der Waals surface area contributed by atoms with Gasteiger partial charge in [-0.2, -0.15) is 5.10 Å². The highest BCUT2D eigenvalue weighted by Crippen LogP contribution is 2.35. The largest absolute Gasteiger partial charge is 0.283 e. The molecule has 21 heavy (non-hydrogen) atoms. The van der Waals surface area contributed by atoms with Crippen molar-refractivity contribution in [2.75, 3.05) is 0 Å². The highest BCUT2D eigenvalue weighted by atomic mass is 35.5. The number of fused-ring (bicyclic) bond motifs is 1. The maximum atomic E-state index is 12.3. The molecule has 3 nitrogen and oxygen atoms in total. The predicted octanol–water partition coefficient (Wildman–Crippen LogP) is 4.85. The van der Waals surface area contributed by atoms with E-state index >= 15 is 0 Å². The smallest absolute Gasteiger partial charge is 0.266 e. The fourth-order valence-corrected chi connectivity index (χ4v) is 4.11. The number of hydrogen-bond acceptors (Lipinski definition) is 3. The summed E-state index contributed by atoms with van der Waals surface area (Å²) in [5.74, 6) is 0.439. The Balaban J connectivity index is 1.78. The van der Waals surface area contributed by atoms with Crippen molar-refractivity contribution in [2.24, 2.45) is 11.0 Å². The highest BCUT2D eigenvalue weighted by molar-refractivity contribution is 7.21. The van der Waals surface area contributed by atoms with E-state index in [0.29, 0.717) is 15.8 Å². The quantitative estimate of drug-likeness (QED) is 0.789. The first-order chi connectivity index (χ1) is 10.1. The van der Waals surface area contributed by atoms with Gasteiger partial charge in [-0.15, -0.1) is 11.3 Å². The third kappa shape index (κ3) is 3.11. The molecule has 0 aliphatic heterocycles. The minimum absolute atomic E-state index is 0.216. The lowest BCUT2D eigenvalue weighted by Crippen LogP contribution is -2.21. The second-order valence-corrected chi connectivity index (χ2v) is 6.99. The summed E-state index contributed by atoms with van der Waals surface area (Å²) in [7, 11) is 0. The Bertz CT molecular complexity index is 707. The predicted molar refractivity (Wildman–Crippen MR) is 89.4 cm³/mol. The first-order valence-corrected chi connectivity index (χ1v) is 8.37.